The van der Waals surface area contributed by atoms with E-state index >= 15 is 0 Å². The number of aromatic nitrogens is 6. The fraction of sp³-hybridized carbons (Fsp3) is 0.333. The predicted octanol–water partition coefficient (Wildman–Crippen LogP) is 18.6. The second-order valence-electron chi connectivity index (χ2n) is 31.2. The monoisotopic (exact) mass is 1370 g/mol. The fourth-order valence-electron chi connectivity index (χ4n) is 13.8. The number of hydrogen-bond donors (Lipinski definition) is 6. The number of fused-ring (bicyclic) bond motifs is 2. The standard InChI is InChI=1S/C81H92N8O8S2/c1-44-31-48(5)74(50(7)62(44)35-52-21-29-66-68(37-52)86-88(84-66)70-41-54(78(9,10)11)39-64(76(70)90)80(15,16)17)82-56-23-26-59(46(3)33-56)73(61-28-25-58(98(92,93)94)43-72(61)99(95,96)97)60-27-24-57(34-47(60)4)83-75-49(6)32-45(2)63(51(75)8)36-53-22-30-67-69(38-53)87-89(85-67)71-42-55(79(12,13)14)40-65(77(71)91)81(18,19)20/h21-34,37-43,73,82-83,90-91H,35-36H2,1-20H3,(H,92,93,94)(H,95,96,97). The molecule has 18 heteroatoms. The van der Waals surface area contributed by atoms with Crippen LogP contribution in [0.15, 0.2) is 137 Å². The molecule has 11 aromatic rings. The summed E-state index contributed by atoms with van der Waals surface area (Å²) in [5.74, 6) is -0.560. The number of nitrogens with zero attached hydrogens (tertiary/aromatic N) is 6. The van der Waals surface area contributed by atoms with Crippen molar-refractivity contribution in [2.45, 2.75) is 189 Å². The molecule has 0 fully saturated rings. The lowest BCUT2D eigenvalue weighted by molar-refractivity contribution is 0.437. The Kier molecular flexibility index (Phi) is 18.3. The van der Waals surface area contributed by atoms with Crippen molar-refractivity contribution >= 4 is 65.1 Å². The Bertz CT molecular complexity index is 5050. The molecule has 0 unspecified atom stereocenters. The first kappa shape index (κ1) is 71.1. The number of phenolic OH excluding ortho intramolecular Hbond substituents is 2. The summed E-state index contributed by atoms with van der Waals surface area (Å²) in [5, 5.41) is 50.4. The van der Waals surface area contributed by atoms with Crippen LogP contribution in [0.2, 0.25) is 0 Å². The van der Waals surface area contributed by atoms with Gasteiger partial charge in [-0.3, -0.25) is 9.11 Å². The summed E-state index contributed by atoms with van der Waals surface area (Å²) in [4.78, 5) is 1.75. The molecule has 0 saturated carbocycles. The average molecular weight is 1370 g/mol. The first-order chi connectivity index (χ1) is 45.9. The molecule has 99 heavy (non-hydrogen) atoms. The van der Waals surface area contributed by atoms with Gasteiger partial charge in [-0.1, -0.05) is 138 Å². The molecule has 0 bridgehead atoms. The van der Waals surface area contributed by atoms with Gasteiger partial charge in [0.15, 0.2) is 0 Å². The smallest absolute Gasteiger partial charge is 0.294 e. The number of aryl methyl sites for hydroxylation is 6. The van der Waals surface area contributed by atoms with Crippen molar-refractivity contribution in [1.29, 1.82) is 0 Å². The summed E-state index contributed by atoms with van der Waals surface area (Å²) in [6, 6.07) is 39.6. The summed E-state index contributed by atoms with van der Waals surface area (Å²) < 4.78 is 73.1. The third-order valence-corrected chi connectivity index (χ3v) is 21.2. The lowest BCUT2D eigenvalue weighted by Crippen LogP contribution is -2.18. The molecule has 0 radical (unpaired) electrons. The maximum Gasteiger partial charge on any atom is 0.294 e. The van der Waals surface area contributed by atoms with Crippen molar-refractivity contribution in [3.05, 3.63) is 233 Å². The Hall–Kier alpha value is -9.20. The molecule has 0 aliphatic carbocycles. The summed E-state index contributed by atoms with van der Waals surface area (Å²) in [6.45, 7) is 41.9. The van der Waals surface area contributed by atoms with Crippen molar-refractivity contribution in [1.82, 2.24) is 30.0 Å². The van der Waals surface area contributed by atoms with Crippen LogP contribution in [0.4, 0.5) is 22.7 Å². The molecule has 2 aromatic heterocycles. The Labute approximate surface area is 583 Å². The highest BCUT2D eigenvalue weighted by atomic mass is 32.2. The van der Waals surface area contributed by atoms with E-state index in [-0.39, 0.29) is 38.7 Å². The second-order valence-corrected chi connectivity index (χ2v) is 34.0. The molecule has 9 aromatic carbocycles. The van der Waals surface area contributed by atoms with Crippen molar-refractivity contribution in [2.24, 2.45) is 0 Å². The number of hydrogen-bond acceptors (Lipinski definition) is 12. The van der Waals surface area contributed by atoms with Crippen LogP contribution in [-0.2, 0) is 54.7 Å². The molecule has 0 aliphatic rings. The minimum absolute atomic E-state index is 0.105. The number of aromatic hydroxyl groups is 2. The van der Waals surface area contributed by atoms with Gasteiger partial charge < -0.3 is 20.8 Å². The Morgan fingerprint density at radius 3 is 1.14 bits per heavy atom. The van der Waals surface area contributed by atoms with E-state index in [1.165, 1.54) is 6.07 Å². The number of benzene rings is 9. The van der Waals surface area contributed by atoms with Gasteiger partial charge in [0.25, 0.3) is 20.2 Å². The van der Waals surface area contributed by atoms with Gasteiger partial charge in [-0.2, -0.15) is 16.8 Å². The van der Waals surface area contributed by atoms with Crippen LogP contribution in [0.25, 0.3) is 33.4 Å². The molecular formula is C81H92N8O8S2. The maximum atomic E-state index is 13.5. The van der Waals surface area contributed by atoms with Crippen LogP contribution in [0.5, 0.6) is 11.5 Å². The quantitative estimate of drug-likeness (QED) is 0.0414. The summed E-state index contributed by atoms with van der Waals surface area (Å²) in [5.41, 5.74) is 23.8. The van der Waals surface area contributed by atoms with E-state index in [9.17, 15) is 36.2 Å². The third-order valence-electron chi connectivity index (χ3n) is 19.4. The molecule has 0 saturated heterocycles. The van der Waals surface area contributed by atoms with Crippen LogP contribution < -0.4 is 10.6 Å². The fourth-order valence-corrected chi connectivity index (χ4v) is 15.1. The molecule has 2 heterocycles. The molecule has 0 spiro atoms. The lowest BCUT2D eigenvalue weighted by atomic mass is 9.80. The molecule has 6 N–H and O–H groups in total. The summed E-state index contributed by atoms with van der Waals surface area (Å²) >= 11 is 0. The van der Waals surface area contributed by atoms with Gasteiger partial charge in [0.1, 0.15) is 44.9 Å². The van der Waals surface area contributed by atoms with E-state index in [1.807, 2.05) is 74.5 Å². The van der Waals surface area contributed by atoms with Gasteiger partial charge in [-0.25, -0.2) is 0 Å². The van der Waals surface area contributed by atoms with Crippen LogP contribution in [-0.4, -0.2) is 66.1 Å². The van der Waals surface area contributed by atoms with Crippen molar-refractivity contribution < 1.29 is 36.2 Å². The summed E-state index contributed by atoms with van der Waals surface area (Å²) in [6.07, 6.45) is 1.20. The zero-order valence-electron chi connectivity index (χ0n) is 60.5. The van der Waals surface area contributed by atoms with Gasteiger partial charge in [0, 0.05) is 39.8 Å². The zero-order chi connectivity index (χ0) is 72.3. The van der Waals surface area contributed by atoms with E-state index in [2.05, 4.69) is 184 Å². The Morgan fingerprint density at radius 2 is 0.788 bits per heavy atom. The highest BCUT2D eigenvalue weighted by Gasteiger charge is 2.32. The summed E-state index contributed by atoms with van der Waals surface area (Å²) in [7, 11) is -9.97. The number of nitrogens with one attached hydrogen (secondary N) is 2. The second kappa shape index (κ2) is 25.5. The zero-order valence-corrected chi connectivity index (χ0v) is 62.2. The van der Waals surface area contributed by atoms with E-state index in [4.69, 9.17) is 20.4 Å². The van der Waals surface area contributed by atoms with Crippen molar-refractivity contribution in [2.75, 3.05) is 10.6 Å². The SMILES string of the molecule is Cc1cc(Nc2c(C)cc(C)c(Cc3ccc4nn(-c5cc(C(C)(C)C)cc(C(C)(C)C)c5O)nc4c3)c2C)ccc1C(c1ccc(Nc2c(C)cc(C)c(Cc3ccc4nn(-c5cc(C(C)(C)C)cc(C(C)(C)C)c5O)nc4c3)c2C)cc1C)c1ccc(S(=O)(=O)O)cc1S(=O)(=O)O. The van der Waals surface area contributed by atoms with E-state index in [0.717, 1.165) is 124 Å². The molecule has 516 valence electrons. The van der Waals surface area contributed by atoms with Gasteiger partial charge >= 0.3 is 0 Å². The lowest BCUT2D eigenvalue weighted by Gasteiger charge is -2.27. The molecule has 0 aliphatic heterocycles. The highest BCUT2D eigenvalue weighted by molar-refractivity contribution is 7.86. The normalized spacial score (nSPS) is 12.8. The number of phenols is 2. The first-order valence-corrected chi connectivity index (χ1v) is 36.3. The first-order valence-electron chi connectivity index (χ1n) is 33.5. The van der Waals surface area contributed by atoms with Gasteiger partial charge in [0.2, 0.25) is 0 Å². The molecule has 0 atom stereocenters. The topological polar surface area (TPSA) is 235 Å². The molecule has 16 nitrogen and oxygen atoms in total. The van der Waals surface area contributed by atoms with E-state index in [0.29, 0.717) is 57.4 Å². The molecule has 11 rings (SSSR count). The van der Waals surface area contributed by atoms with Crippen LogP contribution in [0.3, 0.4) is 0 Å². The van der Waals surface area contributed by atoms with E-state index in [1.54, 1.807) is 9.59 Å². The Morgan fingerprint density at radius 1 is 0.404 bits per heavy atom. The number of rotatable bonds is 15. The van der Waals surface area contributed by atoms with Crippen LogP contribution in [0.1, 0.15) is 195 Å². The number of anilines is 4. The molecular weight excluding hydrogens is 1280 g/mol. The molecule has 0 amide bonds. The third kappa shape index (κ3) is 14.4. The van der Waals surface area contributed by atoms with E-state index < -0.39 is 35.9 Å². The van der Waals surface area contributed by atoms with Crippen LogP contribution >= 0.6 is 0 Å². The average Bonchev–Trinajstić information content (AvgIpc) is 1.16. The van der Waals surface area contributed by atoms with Crippen molar-refractivity contribution in [3.8, 4) is 22.9 Å². The predicted molar refractivity (Wildman–Crippen MR) is 399 cm³/mol. The Balaban J connectivity index is 0.899. The highest BCUT2D eigenvalue weighted by Crippen LogP contribution is 2.45. The van der Waals surface area contributed by atoms with Gasteiger partial charge in [0.05, 0.1) is 9.79 Å². The van der Waals surface area contributed by atoms with Crippen LogP contribution in [0, 0.1) is 55.4 Å². The minimum atomic E-state index is -5.08. The van der Waals surface area contributed by atoms with Gasteiger partial charge in [-0.05, 0) is 257 Å². The minimum Gasteiger partial charge on any atom is -0.505 e. The largest absolute Gasteiger partial charge is 0.505 e. The maximum absolute atomic E-state index is 13.5. The van der Waals surface area contributed by atoms with Gasteiger partial charge in [-0.15, -0.1) is 30.0 Å². The van der Waals surface area contributed by atoms with Crippen molar-refractivity contribution in [3.63, 3.8) is 0 Å².